The Bertz CT molecular complexity index is 732. The molecule has 0 saturated carbocycles. The third kappa shape index (κ3) is 4.37. The summed E-state index contributed by atoms with van der Waals surface area (Å²) in [6, 6.07) is 9.85. The van der Waals surface area contributed by atoms with E-state index >= 15 is 0 Å². The van der Waals surface area contributed by atoms with Crippen LogP contribution in [0.25, 0.3) is 0 Å². The molecule has 1 atom stereocenters. The zero-order valence-corrected chi connectivity index (χ0v) is 12.9. The summed E-state index contributed by atoms with van der Waals surface area (Å²) in [5, 5.41) is 12.1. The van der Waals surface area contributed by atoms with Crippen LogP contribution >= 0.6 is 11.6 Å². The Balaban J connectivity index is 2.12. The van der Waals surface area contributed by atoms with E-state index in [9.17, 15) is 14.7 Å². The lowest BCUT2D eigenvalue weighted by Crippen LogP contribution is -2.45. The second kappa shape index (κ2) is 7.02. The van der Waals surface area contributed by atoms with E-state index < -0.39 is 17.9 Å². The Labute approximate surface area is 138 Å². The largest absolute Gasteiger partial charge is 0.508 e. The summed E-state index contributed by atoms with van der Waals surface area (Å²) in [5.41, 5.74) is 12.3. The normalized spacial score (nSPS) is 11.7. The van der Waals surface area contributed by atoms with Gasteiger partial charge in [-0.05, 0) is 35.9 Å². The van der Waals surface area contributed by atoms with E-state index in [0.29, 0.717) is 5.69 Å². The standard InChI is InChI=1S/C16H16ClN3O3/c17-12-8-10(3-6-13(12)18)16(23)20-14(15(19)22)7-9-1-4-11(21)5-2-9/h1-6,8,14,21H,7,18H2,(H2,19,22)(H,20,23)/t14-/m0/s1. The van der Waals surface area contributed by atoms with E-state index in [4.69, 9.17) is 23.1 Å². The predicted molar refractivity (Wildman–Crippen MR) is 88.1 cm³/mol. The van der Waals surface area contributed by atoms with Gasteiger partial charge < -0.3 is 21.9 Å². The van der Waals surface area contributed by atoms with Gasteiger partial charge in [0, 0.05) is 12.0 Å². The second-order valence-electron chi connectivity index (χ2n) is 5.04. The Hall–Kier alpha value is -2.73. The lowest BCUT2D eigenvalue weighted by molar-refractivity contribution is -0.119. The SMILES string of the molecule is NC(=O)[C@H](Cc1ccc(O)cc1)NC(=O)c1ccc(N)c(Cl)c1. The Kier molecular flexibility index (Phi) is 5.08. The minimum absolute atomic E-state index is 0.116. The van der Waals surface area contributed by atoms with E-state index in [-0.39, 0.29) is 22.8 Å². The van der Waals surface area contributed by atoms with Crippen LogP contribution in [0.5, 0.6) is 5.75 Å². The molecule has 6 N–H and O–H groups in total. The quantitative estimate of drug-likeness (QED) is 0.619. The average molecular weight is 334 g/mol. The number of carbonyl (C=O) groups excluding carboxylic acids is 2. The van der Waals surface area contributed by atoms with Crippen molar-refractivity contribution in [3.63, 3.8) is 0 Å². The Morgan fingerprint density at radius 1 is 1.17 bits per heavy atom. The van der Waals surface area contributed by atoms with Crippen molar-refractivity contribution in [2.45, 2.75) is 12.5 Å². The van der Waals surface area contributed by atoms with Crippen LogP contribution in [0.4, 0.5) is 5.69 Å². The highest BCUT2D eigenvalue weighted by Gasteiger charge is 2.20. The van der Waals surface area contributed by atoms with Crippen LogP contribution < -0.4 is 16.8 Å². The van der Waals surface area contributed by atoms with E-state index in [1.807, 2.05) is 0 Å². The number of carbonyl (C=O) groups is 2. The molecule has 0 fully saturated rings. The number of rotatable bonds is 5. The number of nitrogens with two attached hydrogens (primary N) is 2. The summed E-state index contributed by atoms with van der Waals surface area (Å²) in [4.78, 5) is 23.8. The molecular formula is C16H16ClN3O3. The number of hydrogen-bond donors (Lipinski definition) is 4. The first-order valence-electron chi connectivity index (χ1n) is 6.80. The molecule has 0 spiro atoms. The number of anilines is 1. The van der Waals surface area contributed by atoms with Crippen LogP contribution in [0, 0.1) is 0 Å². The van der Waals surface area contributed by atoms with Crippen molar-refractivity contribution in [2.24, 2.45) is 5.73 Å². The van der Waals surface area contributed by atoms with Gasteiger partial charge in [0.2, 0.25) is 5.91 Å². The molecule has 0 aliphatic carbocycles. The lowest BCUT2D eigenvalue weighted by atomic mass is 10.0. The summed E-state index contributed by atoms with van der Waals surface area (Å²) in [6.45, 7) is 0. The summed E-state index contributed by atoms with van der Waals surface area (Å²) in [6.07, 6.45) is 0.212. The van der Waals surface area contributed by atoms with Gasteiger partial charge in [0.25, 0.3) is 5.91 Å². The molecule has 0 bridgehead atoms. The zero-order chi connectivity index (χ0) is 17.0. The first-order valence-corrected chi connectivity index (χ1v) is 7.17. The molecule has 23 heavy (non-hydrogen) atoms. The molecule has 7 heteroatoms. The minimum atomic E-state index is -0.886. The van der Waals surface area contributed by atoms with Crippen molar-refractivity contribution in [3.8, 4) is 5.75 Å². The summed E-state index contributed by atoms with van der Waals surface area (Å²) < 4.78 is 0. The van der Waals surface area contributed by atoms with E-state index in [1.165, 1.54) is 30.3 Å². The molecular weight excluding hydrogens is 318 g/mol. The molecule has 120 valence electrons. The monoisotopic (exact) mass is 333 g/mol. The van der Waals surface area contributed by atoms with Gasteiger partial charge in [-0.15, -0.1) is 0 Å². The number of aromatic hydroxyl groups is 1. The highest BCUT2D eigenvalue weighted by atomic mass is 35.5. The molecule has 2 rings (SSSR count). The molecule has 2 aromatic rings. The van der Waals surface area contributed by atoms with Gasteiger partial charge in [-0.2, -0.15) is 0 Å². The van der Waals surface area contributed by atoms with Crippen LogP contribution in [-0.4, -0.2) is 23.0 Å². The number of hydrogen-bond acceptors (Lipinski definition) is 4. The first-order chi connectivity index (χ1) is 10.9. The number of halogens is 1. The topological polar surface area (TPSA) is 118 Å². The lowest BCUT2D eigenvalue weighted by Gasteiger charge is -2.16. The van der Waals surface area contributed by atoms with Crippen LogP contribution in [0.15, 0.2) is 42.5 Å². The zero-order valence-electron chi connectivity index (χ0n) is 12.1. The number of primary amides is 1. The van der Waals surface area contributed by atoms with Crippen LogP contribution in [0.3, 0.4) is 0 Å². The molecule has 0 unspecified atom stereocenters. The van der Waals surface area contributed by atoms with Crippen molar-refractivity contribution in [1.82, 2.24) is 5.32 Å². The highest BCUT2D eigenvalue weighted by molar-refractivity contribution is 6.33. The highest BCUT2D eigenvalue weighted by Crippen LogP contribution is 2.19. The molecule has 0 radical (unpaired) electrons. The summed E-state index contributed by atoms with van der Waals surface area (Å²) in [5.74, 6) is -1.02. The second-order valence-corrected chi connectivity index (χ2v) is 5.44. The van der Waals surface area contributed by atoms with Gasteiger partial charge in [0.05, 0.1) is 10.7 Å². The van der Waals surface area contributed by atoms with Crippen LogP contribution in [0.2, 0.25) is 5.02 Å². The molecule has 0 heterocycles. The first kappa shape index (κ1) is 16.6. The number of nitrogens with one attached hydrogen (secondary N) is 1. The van der Waals surface area contributed by atoms with Crippen molar-refractivity contribution in [3.05, 3.63) is 58.6 Å². The fraction of sp³-hybridized carbons (Fsp3) is 0.125. The minimum Gasteiger partial charge on any atom is -0.508 e. The number of amides is 2. The molecule has 0 saturated heterocycles. The number of phenolic OH excluding ortho intramolecular Hbond substituents is 1. The Morgan fingerprint density at radius 3 is 2.39 bits per heavy atom. The third-order valence-electron chi connectivity index (χ3n) is 3.29. The molecule has 0 aliphatic heterocycles. The maximum atomic E-state index is 12.2. The van der Waals surface area contributed by atoms with E-state index in [2.05, 4.69) is 5.32 Å². The third-order valence-corrected chi connectivity index (χ3v) is 3.61. The maximum absolute atomic E-state index is 12.2. The van der Waals surface area contributed by atoms with Crippen molar-refractivity contribution in [2.75, 3.05) is 5.73 Å². The van der Waals surface area contributed by atoms with Crippen LogP contribution in [0.1, 0.15) is 15.9 Å². The number of phenols is 1. The summed E-state index contributed by atoms with van der Waals surface area (Å²) >= 11 is 5.88. The van der Waals surface area contributed by atoms with Crippen molar-refractivity contribution in [1.29, 1.82) is 0 Å². The average Bonchev–Trinajstić information content (AvgIpc) is 2.51. The van der Waals surface area contributed by atoms with Crippen molar-refractivity contribution >= 4 is 29.1 Å². The van der Waals surface area contributed by atoms with Crippen LogP contribution in [-0.2, 0) is 11.2 Å². The van der Waals surface area contributed by atoms with Gasteiger partial charge in [0.1, 0.15) is 11.8 Å². The number of nitrogen functional groups attached to an aromatic ring is 1. The predicted octanol–water partition coefficient (Wildman–Crippen LogP) is 1.45. The smallest absolute Gasteiger partial charge is 0.251 e. The fourth-order valence-corrected chi connectivity index (χ4v) is 2.18. The molecule has 2 amide bonds. The molecule has 6 nitrogen and oxygen atoms in total. The van der Waals surface area contributed by atoms with Gasteiger partial charge >= 0.3 is 0 Å². The van der Waals surface area contributed by atoms with Gasteiger partial charge in [0.15, 0.2) is 0 Å². The van der Waals surface area contributed by atoms with Gasteiger partial charge in [-0.25, -0.2) is 0 Å². The van der Waals surface area contributed by atoms with E-state index in [1.54, 1.807) is 12.1 Å². The fourth-order valence-electron chi connectivity index (χ4n) is 2.00. The Morgan fingerprint density at radius 2 is 1.83 bits per heavy atom. The van der Waals surface area contributed by atoms with Crippen molar-refractivity contribution < 1.29 is 14.7 Å². The summed E-state index contributed by atoms with van der Waals surface area (Å²) in [7, 11) is 0. The van der Waals surface area contributed by atoms with Gasteiger partial charge in [-0.3, -0.25) is 9.59 Å². The molecule has 0 aliphatic rings. The van der Waals surface area contributed by atoms with Gasteiger partial charge in [-0.1, -0.05) is 23.7 Å². The number of benzene rings is 2. The van der Waals surface area contributed by atoms with E-state index in [0.717, 1.165) is 5.56 Å². The molecule has 2 aromatic carbocycles. The molecule has 0 aromatic heterocycles. The maximum Gasteiger partial charge on any atom is 0.251 e.